The van der Waals surface area contributed by atoms with Crippen LogP contribution in [0, 0.1) is 0 Å². The summed E-state index contributed by atoms with van der Waals surface area (Å²) in [6, 6.07) is 12.2. The van der Waals surface area contributed by atoms with Crippen LogP contribution in [0.2, 0.25) is 0 Å². The van der Waals surface area contributed by atoms with E-state index < -0.39 is 0 Å². The molecular weight excluding hydrogens is 546 g/mol. The van der Waals surface area contributed by atoms with Crippen molar-refractivity contribution in [2.75, 3.05) is 33.5 Å². The smallest absolute Gasteiger partial charge is 0.258 e. The molecule has 1 amide bonds. The van der Waals surface area contributed by atoms with Gasteiger partial charge in [-0.1, -0.05) is 29.4 Å². The van der Waals surface area contributed by atoms with E-state index in [9.17, 15) is 9.59 Å². The maximum atomic E-state index is 13.2. The van der Waals surface area contributed by atoms with E-state index >= 15 is 0 Å². The maximum Gasteiger partial charge on any atom is 0.258 e. The summed E-state index contributed by atoms with van der Waals surface area (Å²) < 4.78 is 22.6. The van der Waals surface area contributed by atoms with E-state index in [0.717, 1.165) is 22.6 Å². The van der Waals surface area contributed by atoms with Crippen LogP contribution in [0.25, 0.3) is 6.08 Å². The average Bonchev–Trinajstić information content (AvgIpc) is 3.48. The third-order valence-electron chi connectivity index (χ3n) is 6.12. The lowest BCUT2D eigenvalue weighted by molar-refractivity contribution is -0.124. The van der Waals surface area contributed by atoms with Crippen LogP contribution in [0.3, 0.4) is 0 Å². The fraction of sp³-hybridized carbons (Fsp3) is 0.324. The van der Waals surface area contributed by atoms with Crippen LogP contribution < -0.4 is 19.5 Å². The molecule has 43 heavy (non-hydrogen) atoms. The van der Waals surface area contributed by atoms with Gasteiger partial charge in [0.25, 0.3) is 5.91 Å². The molecule has 0 spiro atoms. The molecule has 3 aromatic rings. The number of allylic oxidation sites excluding steroid dienone is 3. The molecule has 0 aliphatic heterocycles. The van der Waals surface area contributed by atoms with E-state index in [2.05, 4.69) is 15.3 Å². The molecule has 0 radical (unpaired) electrons. The number of ketones is 1. The lowest BCUT2D eigenvalue weighted by Gasteiger charge is -2.18. The number of carbonyl (C=O) groups excluding carboxylic acids is 2. The SMILES string of the molecule is COC[C@H](Cc1cnc[nH]1)NC(=O)COc1cc(OCC=C(C)C)ccc1C(=O)/C=C/c1ccc(OCC=C(C)C)cc1. The zero-order valence-electron chi connectivity index (χ0n) is 25.5. The quantitative estimate of drug-likeness (QED) is 0.118. The average molecular weight is 588 g/mol. The molecule has 0 aliphatic rings. The Morgan fingerprint density at radius 2 is 1.60 bits per heavy atom. The fourth-order valence-corrected chi connectivity index (χ4v) is 3.89. The minimum atomic E-state index is -0.349. The highest BCUT2D eigenvalue weighted by Crippen LogP contribution is 2.26. The number of nitrogens with one attached hydrogen (secondary N) is 2. The number of ether oxygens (including phenoxy) is 4. The Morgan fingerprint density at radius 1 is 0.930 bits per heavy atom. The number of amides is 1. The van der Waals surface area contributed by atoms with Gasteiger partial charge in [-0.25, -0.2) is 4.98 Å². The van der Waals surface area contributed by atoms with Gasteiger partial charge in [-0.05, 0) is 75.8 Å². The lowest BCUT2D eigenvalue weighted by Crippen LogP contribution is -2.42. The lowest BCUT2D eigenvalue weighted by atomic mass is 10.1. The standard InChI is InChI=1S/C34H41N3O6/c1-24(2)14-16-41-29-9-6-26(7-10-29)8-13-32(38)31-12-11-30(42-17-15-25(3)4)19-33(31)43-22-34(39)37-28(21-40-5)18-27-20-35-23-36-27/h6-15,19-20,23,28H,16-18,21-22H2,1-5H3,(H,35,36)(H,37,39)/b13-8+/t28-/m0/s1. The minimum absolute atomic E-state index is 0.249. The van der Waals surface area contributed by atoms with Crippen molar-refractivity contribution in [2.45, 2.75) is 40.2 Å². The molecule has 3 rings (SSSR count). The number of rotatable bonds is 17. The van der Waals surface area contributed by atoms with Crippen molar-refractivity contribution < 1.29 is 28.5 Å². The molecule has 0 unspecified atom stereocenters. The van der Waals surface area contributed by atoms with Crippen molar-refractivity contribution in [1.29, 1.82) is 0 Å². The third-order valence-corrected chi connectivity index (χ3v) is 6.12. The second-order valence-corrected chi connectivity index (χ2v) is 10.4. The van der Waals surface area contributed by atoms with Crippen molar-refractivity contribution >= 4 is 17.8 Å². The summed E-state index contributed by atoms with van der Waals surface area (Å²) in [7, 11) is 1.57. The topological polar surface area (TPSA) is 112 Å². The summed E-state index contributed by atoms with van der Waals surface area (Å²) in [6.07, 6.45) is 11.0. The highest BCUT2D eigenvalue weighted by molar-refractivity contribution is 6.08. The molecule has 9 nitrogen and oxygen atoms in total. The molecule has 0 fully saturated rings. The Kier molecular flexibility index (Phi) is 13.3. The molecule has 0 bridgehead atoms. The Balaban J connectivity index is 1.70. The van der Waals surface area contributed by atoms with Crippen LogP contribution in [0.4, 0.5) is 0 Å². The summed E-state index contributed by atoms with van der Waals surface area (Å²) >= 11 is 0. The summed E-state index contributed by atoms with van der Waals surface area (Å²) in [5.74, 6) is 0.897. The number of hydrogen-bond acceptors (Lipinski definition) is 7. The molecule has 1 heterocycles. The van der Waals surface area contributed by atoms with E-state index in [4.69, 9.17) is 18.9 Å². The second-order valence-electron chi connectivity index (χ2n) is 10.4. The van der Waals surface area contributed by atoms with Gasteiger partial charge in [-0.15, -0.1) is 0 Å². The van der Waals surface area contributed by atoms with Gasteiger partial charge in [0, 0.05) is 31.5 Å². The number of aromatic nitrogens is 2. The molecule has 228 valence electrons. The first-order valence-corrected chi connectivity index (χ1v) is 14.1. The molecule has 2 N–H and O–H groups in total. The monoisotopic (exact) mass is 587 g/mol. The highest BCUT2D eigenvalue weighted by atomic mass is 16.5. The minimum Gasteiger partial charge on any atom is -0.490 e. The highest BCUT2D eigenvalue weighted by Gasteiger charge is 2.17. The van der Waals surface area contributed by atoms with E-state index in [0.29, 0.717) is 37.6 Å². The molecule has 0 aliphatic carbocycles. The number of methoxy groups -OCH3 is 1. The van der Waals surface area contributed by atoms with Gasteiger partial charge >= 0.3 is 0 Å². The number of H-pyrrole nitrogens is 1. The fourth-order valence-electron chi connectivity index (χ4n) is 3.89. The van der Waals surface area contributed by atoms with Gasteiger partial charge in [0.1, 0.15) is 30.5 Å². The first kappa shape index (κ1) is 32.9. The van der Waals surface area contributed by atoms with Crippen molar-refractivity contribution in [2.24, 2.45) is 0 Å². The van der Waals surface area contributed by atoms with Crippen molar-refractivity contribution in [3.05, 3.63) is 101 Å². The maximum absolute atomic E-state index is 13.2. The Bertz CT molecular complexity index is 1400. The van der Waals surface area contributed by atoms with Crippen LogP contribution in [-0.2, 0) is 16.0 Å². The molecule has 0 saturated heterocycles. The largest absolute Gasteiger partial charge is 0.490 e. The van der Waals surface area contributed by atoms with E-state index in [-0.39, 0.29) is 30.1 Å². The summed E-state index contributed by atoms with van der Waals surface area (Å²) in [4.78, 5) is 33.1. The molecule has 1 aromatic heterocycles. The number of benzene rings is 2. The molecule has 2 aromatic carbocycles. The zero-order valence-corrected chi connectivity index (χ0v) is 25.5. The number of aromatic amines is 1. The van der Waals surface area contributed by atoms with Crippen LogP contribution in [0.1, 0.15) is 49.3 Å². The number of imidazole rings is 1. The first-order valence-electron chi connectivity index (χ1n) is 14.1. The predicted molar refractivity (Wildman–Crippen MR) is 168 cm³/mol. The van der Waals surface area contributed by atoms with Crippen molar-refractivity contribution in [3.63, 3.8) is 0 Å². The Labute approximate surface area is 253 Å². The van der Waals surface area contributed by atoms with Crippen LogP contribution in [-0.4, -0.2) is 61.2 Å². The Hall–Kier alpha value is -4.63. The predicted octanol–water partition coefficient (Wildman–Crippen LogP) is 5.75. The number of hydrogen-bond donors (Lipinski definition) is 2. The second kappa shape index (κ2) is 17.4. The summed E-state index contributed by atoms with van der Waals surface area (Å²) in [6.45, 7) is 8.91. The van der Waals surface area contributed by atoms with Crippen LogP contribution >= 0.6 is 0 Å². The molecule has 9 heteroatoms. The number of carbonyl (C=O) groups is 2. The van der Waals surface area contributed by atoms with Crippen molar-refractivity contribution in [1.82, 2.24) is 15.3 Å². The Morgan fingerprint density at radius 3 is 2.23 bits per heavy atom. The van der Waals surface area contributed by atoms with E-state index in [1.165, 1.54) is 11.6 Å². The molecule has 0 saturated carbocycles. The molecular formula is C34H41N3O6. The normalized spacial score (nSPS) is 11.5. The third kappa shape index (κ3) is 12.0. The summed E-state index contributed by atoms with van der Waals surface area (Å²) in [5.41, 5.74) is 4.34. The van der Waals surface area contributed by atoms with Crippen molar-refractivity contribution in [3.8, 4) is 17.2 Å². The van der Waals surface area contributed by atoms with E-state index in [1.54, 1.807) is 43.9 Å². The van der Waals surface area contributed by atoms with Crippen LogP contribution in [0.5, 0.6) is 17.2 Å². The van der Waals surface area contributed by atoms with Gasteiger partial charge < -0.3 is 29.2 Å². The first-order chi connectivity index (χ1) is 20.7. The van der Waals surface area contributed by atoms with Gasteiger partial charge in [0.2, 0.25) is 0 Å². The van der Waals surface area contributed by atoms with Gasteiger partial charge in [0.15, 0.2) is 12.4 Å². The van der Waals surface area contributed by atoms with Gasteiger partial charge in [0.05, 0.1) is 24.5 Å². The van der Waals surface area contributed by atoms with E-state index in [1.807, 2.05) is 64.1 Å². The molecule has 1 atom stereocenters. The summed E-state index contributed by atoms with van der Waals surface area (Å²) in [5, 5.41) is 2.92. The van der Waals surface area contributed by atoms with Gasteiger partial charge in [-0.3, -0.25) is 9.59 Å². The zero-order chi connectivity index (χ0) is 31.0. The van der Waals surface area contributed by atoms with Gasteiger partial charge in [-0.2, -0.15) is 0 Å². The van der Waals surface area contributed by atoms with Crippen LogP contribution in [0.15, 0.2) is 84.4 Å². The number of nitrogens with zero attached hydrogens (tertiary/aromatic N) is 1.